The van der Waals surface area contributed by atoms with Gasteiger partial charge in [-0.15, -0.1) is 0 Å². The fraction of sp³-hybridized carbons (Fsp3) is 0.462. The molecule has 1 saturated heterocycles. The number of hydrogen-bond donors (Lipinski definition) is 1. The number of benzene rings is 1. The Labute approximate surface area is 89.9 Å². The molecule has 2 heteroatoms. The van der Waals surface area contributed by atoms with Crippen molar-refractivity contribution < 1.29 is 0 Å². The number of hydrogen-bond acceptors (Lipinski definition) is 2. The van der Waals surface area contributed by atoms with E-state index < -0.39 is 0 Å². The fourth-order valence-electron chi connectivity index (χ4n) is 2.97. The van der Waals surface area contributed by atoms with Gasteiger partial charge in [0.25, 0.3) is 0 Å². The Kier molecular flexibility index (Phi) is 2.00. The number of piperidine rings is 1. The van der Waals surface area contributed by atoms with Crippen molar-refractivity contribution in [1.82, 2.24) is 5.32 Å². The molecule has 2 aliphatic rings. The highest BCUT2D eigenvalue weighted by Crippen LogP contribution is 2.38. The maximum atomic E-state index is 8.90. The summed E-state index contributed by atoms with van der Waals surface area (Å²) in [5.74, 6) is 0.655. The Morgan fingerprint density at radius 2 is 2.33 bits per heavy atom. The van der Waals surface area contributed by atoms with Crippen LogP contribution in [-0.4, -0.2) is 12.6 Å². The van der Waals surface area contributed by atoms with Crippen LogP contribution in [0.3, 0.4) is 0 Å². The maximum absolute atomic E-state index is 8.90. The van der Waals surface area contributed by atoms with Crippen LogP contribution in [0.2, 0.25) is 0 Å². The molecule has 1 aromatic rings. The van der Waals surface area contributed by atoms with Gasteiger partial charge in [-0.2, -0.15) is 5.26 Å². The lowest BCUT2D eigenvalue weighted by atomic mass is 9.90. The Morgan fingerprint density at radius 1 is 1.40 bits per heavy atom. The Balaban J connectivity index is 2.02. The molecule has 1 N–H and O–H groups in total. The second-order valence-corrected chi connectivity index (χ2v) is 4.54. The van der Waals surface area contributed by atoms with Crippen molar-refractivity contribution in [2.45, 2.75) is 31.2 Å². The number of rotatable bonds is 0. The first-order valence-electron chi connectivity index (χ1n) is 5.65. The first-order chi connectivity index (χ1) is 7.38. The third-order valence-corrected chi connectivity index (χ3v) is 3.70. The summed E-state index contributed by atoms with van der Waals surface area (Å²) in [5, 5.41) is 12.5. The minimum Gasteiger partial charge on any atom is -0.313 e. The number of fused-ring (bicyclic) bond motifs is 3. The Morgan fingerprint density at radius 3 is 3.20 bits per heavy atom. The largest absolute Gasteiger partial charge is 0.313 e. The van der Waals surface area contributed by atoms with Crippen LogP contribution in [0.5, 0.6) is 0 Å². The van der Waals surface area contributed by atoms with E-state index in [1.165, 1.54) is 24.0 Å². The Hall–Kier alpha value is -1.33. The lowest BCUT2D eigenvalue weighted by Crippen LogP contribution is -2.37. The van der Waals surface area contributed by atoms with Gasteiger partial charge in [-0.1, -0.05) is 6.07 Å². The molecule has 0 amide bonds. The minimum atomic E-state index is 0.627. The van der Waals surface area contributed by atoms with Crippen molar-refractivity contribution in [3.8, 4) is 6.07 Å². The van der Waals surface area contributed by atoms with Crippen LogP contribution < -0.4 is 5.32 Å². The van der Waals surface area contributed by atoms with Gasteiger partial charge in [0.15, 0.2) is 0 Å². The number of nitrogens with one attached hydrogen (secondary N) is 1. The monoisotopic (exact) mass is 198 g/mol. The van der Waals surface area contributed by atoms with E-state index >= 15 is 0 Å². The first kappa shape index (κ1) is 8.94. The third kappa shape index (κ3) is 1.35. The summed E-state index contributed by atoms with van der Waals surface area (Å²) in [4.78, 5) is 0. The maximum Gasteiger partial charge on any atom is 0.0991 e. The normalized spacial score (nSPS) is 27.9. The van der Waals surface area contributed by atoms with Gasteiger partial charge in [-0.25, -0.2) is 0 Å². The highest BCUT2D eigenvalue weighted by Gasteiger charge is 2.33. The molecule has 15 heavy (non-hydrogen) atoms. The second kappa shape index (κ2) is 3.36. The van der Waals surface area contributed by atoms with E-state index in [4.69, 9.17) is 5.26 Å². The predicted molar refractivity (Wildman–Crippen MR) is 58.6 cm³/mol. The van der Waals surface area contributed by atoms with Crippen molar-refractivity contribution in [2.24, 2.45) is 0 Å². The van der Waals surface area contributed by atoms with Gasteiger partial charge in [-0.3, -0.25) is 0 Å². The summed E-state index contributed by atoms with van der Waals surface area (Å²) >= 11 is 0. The molecule has 0 bridgehead atoms. The molecule has 0 spiro atoms. The number of nitrogens with zero attached hydrogens (tertiary/aromatic N) is 1. The average Bonchev–Trinajstić information content (AvgIpc) is 2.66. The smallest absolute Gasteiger partial charge is 0.0991 e. The van der Waals surface area contributed by atoms with E-state index in [9.17, 15) is 0 Å². The zero-order valence-corrected chi connectivity index (χ0v) is 8.66. The predicted octanol–water partition coefficient (Wildman–Crippen LogP) is 1.95. The zero-order chi connectivity index (χ0) is 10.3. The summed E-state index contributed by atoms with van der Waals surface area (Å²) < 4.78 is 0. The average molecular weight is 198 g/mol. The Bertz CT molecular complexity index is 431. The molecule has 0 radical (unpaired) electrons. The zero-order valence-electron chi connectivity index (χ0n) is 8.66. The molecule has 1 heterocycles. The molecule has 76 valence electrons. The van der Waals surface area contributed by atoms with E-state index in [2.05, 4.69) is 23.5 Å². The minimum absolute atomic E-state index is 0.627. The van der Waals surface area contributed by atoms with Crippen LogP contribution in [-0.2, 0) is 6.42 Å². The van der Waals surface area contributed by atoms with E-state index in [0.717, 1.165) is 18.5 Å². The summed E-state index contributed by atoms with van der Waals surface area (Å²) in [7, 11) is 0. The van der Waals surface area contributed by atoms with E-state index in [0.29, 0.717) is 12.0 Å². The molecule has 2 atom stereocenters. The molecule has 2 nitrogen and oxygen atoms in total. The fourth-order valence-corrected chi connectivity index (χ4v) is 2.97. The van der Waals surface area contributed by atoms with Gasteiger partial charge in [0.2, 0.25) is 0 Å². The van der Waals surface area contributed by atoms with Crippen LogP contribution in [0.1, 0.15) is 35.4 Å². The third-order valence-electron chi connectivity index (χ3n) is 3.70. The van der Waals surface area contributed by atoms with Gasteiger partial charge < -0.3 is 5.32 Å². The van der Waals surface area contributed by atoms with Crippen LogP contribution in [0.4, 0.5) is 0 Å². The van der Waals surface area contributed by atoms with Crippen molar-refractivity contribution in [2.75, 3.05) is 6.54 Å². The molecule has 0 unspecified atom stereocenters. The van der Waals surface area contributed by atoms with E-state index in [1.807, 2.05) is 6.07 Å². The van der Waals surface area contributed by atoms with Gasteiger partial charge in [0.1, 0.15) is 0 Å². The topological polar surface area (TPSA) is 35.8 Å². The highest BCUT2D eigenvalue weighted by atomic mass is 14.9. The summed E-state index contributed by atoms with van der Waals surface area (Å²) in [5.41, 5.74) is 3.67. The van der Waals surface area contributed by atoms with Crippen LogP contribution in [0.25, 0.3) is 0 Å². The molecule has 0 aromatic heterocycles. The summed E-state index contributed by atoms with van der Waals surface area (Å²) in [6, 6.07) is 9.02. The van der Waals surface area contributed by atoms with Gasteiger partial charge >= 0.3 is 0 Å². The molecule has 3 rings (SSSR count). The quantitative estimate of drug-likeness (QED) is 0.691. The highest BCUT2D eigenvalue weighted by molar-refractivity contribution is 5.44. The lowest BCUT2D eigenvalue weighted by molar-refractivity contribution is 0.372. The van der Waals surface area contributed by atoms with Crippen molar-refractivity contribution in [3.63, 3.8) is 0 Å². The molecule has 1 fully saturated rings. The number of nitriles is 1. The van der Waals surface area contributed by atoms with Crippen LogP contribution >= 0.6 is 0 Å². The molecular weight excluding hydrogens is 184 g/mol. The van der Waals surface area contributed by atoms with Crippen molar-refractivity contribution >= 4 is 0 Å². The van der Waals surface area contributed by atoms with Crippen LogP contribution in [0, 0.1) is 11.3 Å². The second-order valence-electron chi connectivity index (χ2n) is 4.54. The van der Waals surface area contributed by atoms with Gasteiger partial charge in [-0.05, 0) is 55.0 Å². The molecule has 1 aliphatic carbocycles. The molecule has 0 saturated carbocycles. The van der Waals surface area contributed by atoms with Gasteiger partial charge in [0.05, 0.1) is 11.6 Å². The summed E-state index contributed by atoms with van der Waals surface area (Å²) in [6.45, 7) is 1.15. The van der Waals surface area contributed by atoms with E-state index in [-0.39, 0.29) is 0 Å². The summed E-state index contributed by atoms with van der Waals surface area (Å²) in [6.07, 6.45) is 3.68. The first-order valence-corrected chi connectivity index (χ1v) is 5.65. The van der Waals surface area contributed by atoms with Crippen LogP contribution in [0.15, 0.2) is 18.2 Å². The molecule has 1 aliphatic heterocycles. The van der Waals surface area contributed by atoms with Gasteiger partial charge in [0, 0.05) is 6.04 Å². The SMILES string of the molecule is N#Cc1ccc2c(c1)[C@@H]1CCCN[C@@H]1C2. The van der Waals surface area contributed by atoms with E-state index in [1.54, 1.807) is 0 Å². The molecule has 1 aromatic carbocycles. The lowest BCUT2D eigenvalue weighted by Gasteiger charge is -2.27. The standard InChI is InChI=1S/C13H14N2/c14-8-9-3-4-10-7-13-11(12(10)6-9)2-1-5-15-13/h3-4,6,11,13,15H,1-2,5,7H2/t11-,13+/m0/s1. The van der Waals surface area contributed by atoms with Crippen molar-refractivity contribution in [3.05, 3.63) is 34.9 Å². The van der Waals surface area contributed by atoms with Crippen molar-refractivity contribution in [1.29, 1.82) is 5.26 Å². The molecular formula is C13H14N2.